The standard InChI is InChI=1S/C33H28N6O/c1-21-11-7-9-15-27(21)39-32-29(22(2)37-39)30(23-12-5-4-6-13-23)38-28-16-10-8-14-26(28)35-31(33(38)36-32)34-24-17-19-25(40-3)20-18-24/h4-20,30H,1-3H3,(H,34,35)/t30-/m1/s1. The number of nitrogens with zero attached hydrogens (tertiary/aromatic N) is 5. The summed E-state index contributed by atoms with van der Waals surface area (Å²) in [5.41, 5.74) is 8.10. The molecule has 2 aliphatic heterocycles. The normalized spacial score (nSPS) is 15.4. The van der Waals surface area contributed by atoms with Crippen LogP contribution in [0.1, 0.15) is 28.4 Å². The fourth-order valence-corrected chi connectivity index (χ4v) is 5.53. The number of rotatable bonds is 4. The molecule has 5 aromatic rings. The second kappa shape index (κ2) is 9.54. The average molecular weight is 525 g/mol. The Kier molecular flexibility index (Phi) is 5.70. The van der Waals surface area contributed by atoms with E-state index in [-0.39, 0.29) is 6.04 Å². The summed E-state index contributed by atoms with van der Waals surface area (Å²) in [6.45, 7) is 4.18. The smallest absolute Gasteiger partial charge is 0.179 e. The number of anilines is 2. The molecule has 0 amide bonds. The zero-order valence-corrected chi connectivity index (χ0v) is 22.5. The number of fused-ring (bicyclic) bond motifs is 4. The lowest BCUT2D eigenvalue weighted by atomic mass is 9.93. The summed E-state index contributed by atoms with van der Waals surface area (Å²) in [6.07, 6.45) is 0. The average Bonchev–Trinajstić information content (AvgIpc) is 3.32. The van der Waals surface area contributed by atoms with Crippen LogP contribution in [0.3, 0.4) is 0 Å². The first-order valence-corrected chi connectivity index (χ1v) is 13.3. The van der Waals surface area contributed by atoms with Gasteiger partial charge in [-0.25, -0.2) is 14.7 Å². The SMILES string of the molecule is COc1ccc(NC2=Nc3ccccc3N3C2=Nc2c(c(C)nn2-c2ccccc2C)[C@H]3c2ccccc2)cc1. The van der Waals surface area contributed by atoms with Crippen molar-refractivity contribution in [3.05, 3.63) is 126 Å². The summed E-state index contributed by atoms with van der Waals surface area (Å²) < 4.78 is 7.34. The number of aliphatic imine (C=N–C) groups is 2. The number of benzene rings is 4. The van der Waals surface area contributed by atoms with Crippen LogP contribution in [0.2, 0.25) is 0 Å². The Balaban J connectivity index is 1.48. The van der Waals surface area contributed by atoms with E-state index in [9.17, 15) is 0 Å². The topological polar surface area (TPSA) is 67.0 Å². The molecule has 7 nitrogen and oxygen atoms in total. The molecule has 0 fully saturated rings. The molecular formula is C33H28N6O. The Labute approximate surface area is 233 Å². The first-order chi connectivity index (χ1) is 19.6. The maximum Gasteiger partial charge on any atom is 0.179 e. The Morgan fingerprint density at radius 2 is 1.45 bits per heavy atom. The lowest BCUT2D eigenvalue weighted by molar-refractivity contribution is 0.415. The highest BCUT2D eigenvalue weighted by Gasteiger charge is 2.41. The molecule has 0 unspecified atom stereocenters. The Bertz CT molecular complexity index is 1790. The third-order valence-corrected chi connectivity index (χ3v) is 7.45. The van der Waals surface area contributed by atoms with Crippen molar-refractivity contribution in [2.45, 2.75) is 19.9 Å². The van der Waals surface area contributed by atoms with E-state index in [1.54, 1.807) is 7.11 Å². The van der Waals surface area contributed by atoms with Crippen LogP contribution in [0.25, 0.3) is 5.69 Å². The van der Waals surface area contributed by atoms with Gasteiger partial charge in [0.2, 0.25) is 0 Å². The molecule has 7 heteroatoms. The minimum atomic E-state index is -0.147. The Morgan fingerprint density at radius 1 is 0.750 bits per heavy atom. The highest BCUT2D eigenvalue weighted by Crippen LogP contribution is 2.48. The van der Waals surface area contributed by atoms with Crippen LogP contribution in [-0.4, -0.2) is 28.6 Å². The van der Waals surface area contributed by atoms with Gasteiger partial charge in [-0.3, -0.25) is 0 Å². The van der Waals surface area contributed by atoms with Crippen LogP contribution in [-0.2, 0) is 0 Å². The third kappa shape index (κ3) is 3.86. The van der Waals surface area contributed by atoms with E-state index in [1.807, 2.05) is 59.3 Å². The number of aryl methyl sites for hydroxylation is 2. The van der Waals surface area contributed by atoms with Gasteiger partial charge in [-0.1, -0.05) is 60.7 Å². The van der Waals surface area contributed by atoms with Crippen LogP contribution in [0.4, 0.5) is 22.9 Å². The molecule has 2 aliphatic rings. The fourth-order valence-electron chi connectivity index (χ4n) is 5.53. The van der Waals surface area contributed by atoms with Gasteiger partial charge in [0, 0.05) is 11.3 Å². The number of ether oxygens (including phenoxy) is 1. The second-order valence-corrected chi connectivity index (χ2v) is 9.94. The second-order valence-electron chi connectivity index (χ2n) is 9.94. The monoisotopic (exact) mass is 524 g/mol. The quantitative estimate of drug-likeness (QED) is 0.268. The summed E-state index contributed by atoms with van der Waals surface area (Å²) in [4.78, 5) is 12.7. The zero-order valence-electron chi connectivity index (χ0n) is 22.5. The third-order valence-electron chi connectivity index (χ3n) is 7.45. The van der Waals surface area contributed by atoms with E-state index in [2.05, 4.69) is 72.6 Å². The molecular weight excluding hydrogens is 496 g/mol. The van der Waals surface area contributed by atoms with Crippen molar-refractivity contribution in [1.82, 2.24) is 9.78 Å². The Hall–Kier alpha value is -5.17. The van der Waals surface area contributed by atoms with Crippen molar-refractivity contribution in [2.75, 3.05) is 17.3 Å². The van der Waals surface area contributed by atoms with Crippen LogP contribution in [0.5, 0.6) is 5.75 Å². The summed E-state index contributed by atoms with van der Waals surface area (Å²) in [5.74, 6) is 3.02. The molecule has 196 valence electrons. The van der Waals surface area contributed by atoms with Crippen LogP contribution in [0.15, 0.2) is 113 Å². The molecule has 0 radical (unpaired) electrons. The van der Waals surface area contributed by atoms with Crippen molar-refractivity contribution in [3.63, 3.8) is 0 Å². The molecule has 0 spiro atoms. The first-order valence-electron chi connectivity index (χ1n) is 13.3. The number of hydrogen-bond acceptors (Lipinski definition) is 6. The molecule has 3 heterocycles. The van der Waals surface area contributed by atoms with Crippen molar-refractivity contribution in [2.24, 2.45) is 9.98 Å². The number of hydrogen-bond donors (Lipinski definition) is 1. The van der Waals surface area contributed by atoms with Crippen LogP contribution in [0, 0.1) is 13.8 Å². The summed E-state index contributed by atoms with van der Waals surface area (Å²) >= 11 is 0. The first kappa shape index (κ1) is 23.9. The lowest BCUT2D eigenvalue weighted by Crippen LogP contribution is -2.46. The van der Waals surface area contributed by atoms with Gasteiger partial charge in [-0.05, 0) is 67.4 Å². The van der Waals surface area contributed by atoms with Crippen molar-refractivity contribution in [3.8, 4) is 11.4 Å². The zero-order chi connectivity index (χ0) is 27.2. The van der Waals surface area contributed by atoms with Gasteiger partial charge in [-0.15, -0.1) is 0 Å². The van der Waals surface area contributed by atoms with Gasteiger partial charge in [0.1, 0.15) is 5.75 Å². The lowest BCUT2D eigenvalue weighted by Gasteiger charge is -2.40. The Morgan fingerprint density at radius 3 is 2.20 bits per heavy atom. The predicted molar refractivity (Wildman–Crippen MR) is 161 cm³/mol. The van der Waals surface area contributed by atoms with Crippen LogP contribution < -0.4 is 15.0 Å². The molecule has 0 bridgehead atoms. The molecule has 0 aliphatic carbocycles. The molecule has 40 heavy (non-hydrogen) atoms. The van der Waals surface area contributed by atoms with E-state index in [4.69, 9.17) is 19.8 Å². The molecule has 7 rings (SSSR count). The van der Waals surface area contributed by atoms with Gasteiger partial charge < -0.3 is 15.0 Å². The van der Waals surface area contributed by atoms with E-state index in [0.717, 1.165) is 62.5 Å². The van der Waals surface area contributed by atoms with Crippen LogP contribution >= 0.6 is 0 Å². The van der Waals surface area contributed by atoms with Crippen molar-refractivity contribution < 1.29 is 4.74 Å². The largest absolute Gasteiger partial charge is 0.497 e. The van der Waals surface area contributed by atoms with Crippen molar-refractivity contribution in [1.29, 1.82) is 0 Å². The highest BCUT2D eigenvalue weighted by molar-refractivity contribution is 6.51. The van der Waals surface area contributed by atoms with Gasteiger partial charge >= 0.3 is 0 Å². The van der Waals surface area contributed by atoms with E-state index < -0.39 is 0 Å². The number of aromatic nitrogens is 2. The van der Waals surface area contributed by atoms with E-state index in [0.29, 0.717) is 5.84 Å². The molecule has 1 atom stereocenters. The fraction of sp³-hybridized carbons (Fsp3) is 0.121. The number of nitrogens with one attached hydrogen (secondary N) is 1. The number of amidine groups is 2. The van der Waals surface area contributed by atoms with E-state index in [1.165, 1.54) is 0 Å². The molecule has 1 N–H and O–H groups in total. The highest BCUT2D eigenvalue weighted by atomic mass is 16.5. The minimum absolute atomic E-state index is 0.147. The number of methoxy groups -OCH3 is 1. The maximum absolute atomic E-state index is 5.36. The number of para-hydroxylation sites is 3. The van der Waals surface area contributed by atoms with Gasteiger partial charge in [0.25, 0.3) is 0 Å². The maximum atomic E-state index is 5.36. The van der Waals surface area contributed by atoms with Gasteiger partial charge in [0.15, 0.2) is 17.5 Å². The molecule has 0 saturated carbocycles. The van der Waals surface area contributed by atoms with Gasteiger partial charge in [0.05, 0.1) is 35.9 Å². The summed E-state index contributed by atoms with van der Waals surface area (Å²) in [7, 11) is 1.67. The summed E-state index contributed by atoms with van der Waals surface area (Å²) in [5, 5.41) is 8.59. The van der Waals surface area contributed by atoms with Gasteiger partial charge in [-0.2, -0.15) is 5.10 Å². The minimum Gasteiger partial charge on any atom is -0.497 e. The summed E-state index contributed by atoms with van der Waals surface area (Å²) in [6, 6.07) is 34.8. The predicted octanol–water partition coefficient (Wildman–Crippen LogP) is 7.29. The van der Waals surface area contributed by atoms with E-state index >= 15 is 0 Å². The molecule has 1 aromatic heterocycles. The molecule has 4 aromatic carbocycles. The van der Waals surface area contributed by atoms with Crippen molar-refractivity contribution >= 4 is 34.6 Å². The molecule has 0 saturated heterocycles.